The fraction of sp³-hybridized carbons (Fsp3) is 0.0667. The molecule has 0 spiro atoms. The van der Waals surface area contributed by atoms with E-state index in [1.165, 1.54) is 0 Å². The molecule has 1 N–H and O–H groups in total. The first-order valence-corrected chi connectivity index (χ1v) is 7.73. The van der Waals surface area contributed by atoms with E-state index < -0.39 is 0 Å². The van der Waals surface area contributed by atoms with Gasteiger partial charge in [-0.05, 0) is 0 Å². The van der Waals surface area contributed by atoms with Gasteiger partial charge in [-0.3, -0.25) is 0 Å². The van der Waals surface area contributed by atoms with E-state index in [1.54, 1.807) is 6.92 Å². The summed E-state index contributed by atoms with van der Waals surface area (Å²) in [5.74, 6) is 0. The van der Waals surface area contributed by atoms with Crippen molar-refractivity contribution in [3.8, 4) is 5.69 Å². The molecule has 5 heteroatoms. The van der Waals surface area contributed by atoms with E-state index in [4.69, 9.17) is 5.21 Å². The number of fused-ring (bicyclic) bond motifs is 1. The van der Waals surface area contributed by atoms with Gasteiger partial charge in [-0.2, -0.15) is 0 Å². The van der Waals surface area contributed by atoms with Gasteiger partial charge in [0.2, 0.25) is 0 Å². The predicted molar refractivity (Wildman–Crippen MR) is 80.5 cm³/mol. The molecule has 0 atom stereocenters. The number of aromatic nitrogens is 1. The van der Waals surface area contributed by atoms with E-state index >= 15 is 0 Å². The molecule has 1 aromatic heterocycles. The summed E-state index contributed by atoms with van der Waals surface area (Å²) in [6.07, 6.45) is 0. The van der Waals surface area contributed by atoms with E-state index in [0.29, 0.717) is 5.71 Å². The number of nitrogens with zero attached hydrogens (tertiary/aromatic N) is 2. The Bertz CT molecular complexity index is 844. The van der Waals surface area contributed by atoms with Crippen LogP contribution in [0.2, 0.25) is 0 Å². The Morgan fingerprint density at radius 3 is 2.50 bits per heavy atom. The number of benzene rings is 2. The molecule has 4 nitrogen and oxygen atoms in total. The summed E-state index contributed by atoms with van der Waals surface area (Å²) in [5.41, 5.74) is 2.33. The zero-order valence-corrected chi connectivity index (χ0v) is 12.5. The second-order valence-corrected chi connectivity index (χ2v) is 6.49. The Kier molecular flexibility index (Phi) is 3.30. The Labute approximate surface area is 121 Å². The fourth-order valence-corrected chi connectivity index (χ4v) is 4.13. The summed E-state index contributed by atoms with van der Waals surface area (Å²) in [4.78, 5) is 12.3. The third-order valence-corrected chi connectivity index (χ3v) is 5.49. The van der Waals surface area contributed by atoms with Crippen molar-refractivity contribution in [3.05, 3.63) is 64.4 Å². The summed E-state index contributed by atoms with van der Waals surface area (Å²) >= 11 is -0.0185. The van der Waals surface area contributed by atoms with Gasteiger partial charge in [0.25, 0.3) is 0 Å². The van der Waals surface area contributed by atoms with Crippen LogP contribution >= 0.6 is 0 Å². The Balaban J connectivity index is 2.12. The maximum absolute atomic E-state index is 12.3. The zero-order chi connectivity index (χ0) is 14.1. The first-order chi connectivity index (χ1) is 9.70. The SMILES string of the molecule is C/C(=N\O)c1ccc(-n2[se]c3ccccc3c2=O)cc1. The molecule has 0 aliphatic heterocycles. The molecule has 0 aliphatic rings. The van der Waals surface area contributed by atoms with Gasteiger partial charge in [-0.25, -0.2) is 0 Å². The van der Waals surface area contributed by atoms with Gasteiger partial charge in [-0.15, -0.1) is 0 Å². The first kappa shape index (κ1) is 12.9. The number of hydrogen-bond donors (Lipinski definition) is 1. The molecule has 0 aliphatic carbocycles. The fourth-order valence-electron chi connectivity index (χ4n) is 2.04. The third kappa shape index (κ3) is 2.11. The molecule has 100 valence electrons. The molecule has 0 fully saturated rings. The summed E-state index contributed by atoms with van der Waals surface area (Å²) in [5, 5.41) is 12.7. The van der Waals surface area contributed by atoms with Crippen LogP contribution in [0.5, 0.6) is 0 Å². The van der Waals surface area contributed by atoms with Gasteiger partial charge in [0.05, 0.1) is 0 Å². The van der Waals surface area contributed by atoms with Gasteiger partial charge in [0.15, 0.2) is 0 Å². The zero-order valence-electron chi connectivity index (χ0n) is 10.8. The van der Waals surface area contributed by atoms with E-state index in [2.05, 4.69) is 5.16 Å². The minimum absolute atomic E-state index is 0.0185. The molecule has 20 heavy (non-hydrogen) atoms. The number of hydrogen-bond acceptors (Lipinski definition) is 3. The van der Waals surface area contributed by atoms with Crippen LogP contribution in [-0.4, -0.2) is 29.2 Å². The van der Waals surface area contributed by atoms with E-state index in [1.807, 2.05) is 52.1 Å². The molecule has 0 amide bonds. The van der Waals surface area contributed by atoms with Crippen LogP contribution in [-0.2, 0) is 0 Å². The normalized spacial score (nSPS) is 11.9. The van der Waals surface area contributed by atoms with Gasteiger partial charge in [-0.1, -0.05) is 0 Å². The molecular formula is C15H12N2O2Se. The molecule has 3 aromatic rings. The van der Waals surface area contributed by atoms with Crippen molar-refractivity contribution in [2.45, 2.75) is 6.92 Å². The van der Waals surface area contributed by atoms with Crippen molar-refractivity contribution >= 4 is 30.1 Å². The second kappa shape index (κ2) is 5.12. The molecule has 3 rings (SSSR count). The van der Waals surface area contributed by atoms with Crippen molar-refractivity contribution in [1.29, 1.82) is 0 Å². The van der Waals surface area contributed by atoms with Crippen LogP contribution in [0.15, 0.2) is 58.5 Å². The van der Waals surface area contributed by atoms with Crippen LogP contribution in [0, 0.1) is 0 Å². The van der Waals surface area contributed by atoms with Gasteiger partial charge < -0.3 is 0 Å². The summed E-state index contributed by atoms with van der Waals surface area (Å²) < 4.78 is 2.93. The topological polar surface area (TPSA) is 54.6 Å². The van der Waals surface area contributed by atoms with Crippen molar-refractivity contribution in [1.82, 2.24) is 3.56 Å². The van der Waals surface area contributed by atoms with Crippen molar-refractivity contribution in [2.75, 3.05) is 0 Å². The third-order valence-electron chi connectivity index (χ3n) is 3.16. The minimum atomic E-state index is -0.0185. The Morgan fingerprint density at radius 1 is 1.15 bits per heavy atom. The Hall–Kier alpha value is -2.10. The molecule has 0 unspecified atom stereocenters. The van der Waals surface area contributed by atoms with Crippen LogP contribution in [0.3, 0.4) is 0 Å². The summed E-state index contributed by atoms with van der Waals surface area (Å²) in [6.45, 7) is 1.73. The van der Waals surface area contributed by atoms with E-state index in [0.717, 1.165) is 20.9 Å². The van der Waals surface area contributed by atoms with E-state index in [-0.39, 0.29) is 20.3 Å². The quantitative estimate of drug-likeness (QED) is 0.339. The van der Waals surface area contributed by atoms with Crippen LogP contribution in [0.1, 0.15) is 12.5 Å². The van der Waals surface area contributed by atoms with Crippen molar-refractivity contribution < 1.29 is 5.21 Å². The number of rotatable bonds is 2. The maximum atomic E-state index is 12.3. The second-order valence-electron chi connectivity index (χ2n) is 4.42. The molecule has 2 aromatic carbocycles. The first-order valence-electron chi connectivity index (χ1n) is 6.11. The molecular weight excluding hydrogens is 319 g/mol. The van der Waals surface area contributed by atoms with Crippen LogP contribution in [0.4, 0.5) is 0 Å². The average molecular weight is 331 g/mol. The monoisotopic (exact) mass is 332 g/mol. The molecule has 1 heterocycles. The average Bonchev–Trinajstić information content (AvgIpc) is 2.84. The molecule has 0 bridgehead atoms. The molecule has 0 saturated heterocycles. The van der Waals surface area contributed by atoms with Gasteiger partial charge in [0.1, 0.15) is 0 Å². The van der Waals surface area contributed by atoms with Gasteiger partial charge in [0, 0.05) is 0 Å². The van der Waals surface area contributed by atoms with Crippen molar-refractivity contribution in [2.24, 2.45) is 5.16 Å². The van der Waals surface area contributed by atoms with Crippen LogP contribution in [0.25, 0.3) is 15.3 Å². The predicted octanol–water partition coefficient (Wildman–Crippen LogP) is 2.25. The van der Waals surface area contributed by atoms with Crippen molar-refractivity contribution in [3.63, 3.8) is 0 Å². The Morgan fingerprint density at radius 2 is 1.85 bits per heavy atom. The standard InChI is InChI=1S/C15H12N2O2Se/c1-10(16-19)11-6-8-12(9-7-11)17-15(18)13-4-2-3-5-14(13)20-17/h2-9,19H,1H3/b16-10+. The molecule has 0 saturated carbocycles. The summed E-state index contributed by atoms with van der Waals surface area (Å²) in [7, 11) is 0. The summed E-state index contributed by atoms with van der Waals surface area (Å²) in [6, 6.07) is 15.2. The molecule has 0 radical (unpaired) electrons. The van der Waals surface area contributed by atoms with Crippen LogP contribution < -0.4 is 5.56 Å². The number of oxime groups is 1. The van der Waals surface area contributed by atoms with E-state index in [9.17, 15) is 4.79 Å². The van der Waals surface area contributed by atoms with Gasteiger partial charge >= 0.3 is 121 Å².